The number of rotatable bonds is 8. The molecule has 0 radical (unpaired) electrons. The van der Waals surface area contributed by atoms with Crippen LogP contribution in [0.4, 0.5) is 0 Å². The van der Waals surface area contributed by atoms with Crippen LogP contribution in [-0.4, -0.2) is 55.1 Å². The van der Waals surface area contributed by atoms with Crippen LogP contribution in [0.3, 0.4) is 0 Å². The highest BCUT2D eigenvalue weighted by Crippen LogP contribution is 2.24. The Bertz CT molecular complexity index is 805. The van der Waals surface area contributed by atoms with Crippen molar-refractivity contribution in [1.29, 1.82) is 0 Å². The molecule has 3 rings (SSSR count). The number of amides is 2. The van der Waals surface area contributed by atoms with Gasteiger partial charge in [-0.25, -0.2) is 0 Å². The minimum atomic E-state index is -0.0797. The van der Waals surface area contributed by atoms with Crippen molar-refractivity contribution in [2.45, 2.75) is 19.4 Å². The Balaban J connectivity index is 1.51. The van der Waals surface area contributed by atoms with Gasteiger partial charge in [-0.15, -0.1) is 0 Å². The van der Waals surface area contributed by atoms with Crippen molar-refractivity contribution in [3.8, 4) is 5.75 Å². The number of ether oxygens (including phenoxy) is 2. The van der Waals surface area contributed by atoms with Crippen LogP contribution in [0.25, 0.3) is 0 Å². The summed E-state index contributed by atoms with van der Waals surface area (Å²) >= 11 is 0. The standard InChI is InChI=1S/C22H27N3O4/c1-28-13-14-29-20-7-3-2-6-19(20)22(27)25-11-8-18(9-12-25)21(26)24-16-17-5-4-10-23-15-17/h2-7,10,15,18H,8-9,11-14,16H2,1H3,(H,24,26). The molecule has 0 spiro atoms. The maximum Gasteiger partial charge on any atom is 0.257 e. The second-order valence-corrected chi connectivity index (χ2v) is 6.98. The summed E-state index contributed by atoms with van der Waals surface area (Å²) in [5, 5.41) is 2.97. The first-order chi connectivity index (χ1) is 14.2. The number of benzene rings is 1. The number of carbonyl (C=O) groups is 2. The summed E-state index contributed by atoms with van der Waals surface area (Å²) in [5.74, 6) is 0.450. The number of likely N-dealkylation sites (tertiary alicyclic amines) is 1. The van der Waals surface area contributed by atoms with Crippen molar-refractivity contribution >= 4 is 11.8 Å². The van der Waals surface area contributed by atoms with Gasteiger partial charge in [0.25, 0.3) is 5.91 Å². The molecule has 1 fully saturated rings. The predicted octanol–water partition coefficient (Wildman–Crippen LogP) is 2.28. The summed E-state index contributed by atoms with van der Waals surface area (Å²) in [6.45, 7) is 2.42. The molecule has 154 valence electrons. The minimum Gasteiger partial charge on any atom is -0.490 e. The summed E-state index contributed by atoms with van der Waals surface area (Å²) in [7, 11) is 1.61. The van der Waals surface area contributed by atoms with Crippen LogP contribution >= 0.6 is 0 Å². The van der Waals surface area contributed by atoms with E-state index in [1.54, 1.807) is 36.5 Å². The number of carbonyl (C=O) groups excluding carboxylic acids is 2. The predicted molar refractivity (Wildman–Crippen MR) is 109 cm³/mol. The first kappa shape index (κ1) is 20.8. The number of nitrogens with zero attached hydrogens (tertiary/aromatic N) is 2. The Kier molecular flexibility index (Phi) is 7.58. The Morgan fingerprint density at radius 1 is 1.14 bits per heavy atom. The van der Waals surface area contributed by atoms with E-state index >= 15 is 0 Å². The monoisotopic (exact) mass is 397 g/mol. The van der Waals surface area contributed by atoms with Crippen LogP contribution in [0.2, 0.25) is 0 Å². The number of nitrogens with one attached hydrogen (secondary N) is 1. The number of methoxy groups -OCH3 is 1. The molecule has 1 aromatic carbocycles. The van der Waals surface area contributed by atoms with Crippen molar-refractivity contribution < 1.29 is 19.1 Å². The van der Waals surface area contributed by atoms with Gasteiger partial charge < -0.3 is 19.7 Å². The average molecular weight is 397 g/mol. The zero-order valence-corrected chi connectivity index (χ0v) is 16.7. The number of hydrogen-bond donors (Lipinski definition) is 1. The lowest BCUT2D eigenvalue weighted by Gasteiger charge is -2.31. The summed E-state index contributed by atoms with van der Waals surface area (Å²) in [5.41, 5.74) is 1.52. The highest BCUT2D eigenvalue weighted by atomic mass is 16.5. The molecule has 1 aromatic heterocycles. The van der Waals surface area contributed by atoms with E-state index in [1.807, 2.05) is 24.3 Å². The fraction of sp³-hybridized carbons (Fsp3) is 0.409. The van der Waals surface area contributed by atoms with Crippen molar-refractivity contribution in [2.75, 3.05) is 33.4 Å². The molecule has 2 aromatic rings. The lowest BCUT2D eigenvalue weighted by molar-refractivity contribution is -0.126. The van der Waals surface area contributed by atoms with E-state index in [-0.39, 0.29) is 17.7 Å². The van der Waals surface area contributed by atoms with Gasteiger partial charge in [0, 0.05) is 45.1 Å². The number of hydrogen-bond acceptors (Lipinski definition) is 5. The van der Waals surface area contributed by atoms with Crippen LogP contribution < -0.4 is 10.1 Å². The van der Waals surface area contributed by atoms with Crippen molar-refractivity contribution in [1.82, 2.24) is 15.2 Å². The molecule has 0 atom stereocenters. The smallest absolute Gasteiger partial charge is 0.257 e. The zero-order valence-electron chi connectivity index (χ0n) is 16.7. The van der Waals surface area contributed by atoms with E-state index in [1.165, 1.54) is 0 Å². The first-order valence-electron chi connectivity index (χ1n) is 9.85. The van der Waals surface area contributed by atoms with E-state index in [9.17, 15) is 9.59 Å². The molecule has 2 amide bonds. The van der Waals surface area contributed by atoms with Crippen LogP contribution in [0.15, 0.2) is 48.8 Å². The van der Waals surface area contributed by atoms with Gasteiger partial charge in [-0.05, 0) is 36.6 Å². The molecule has 2 heterocycles. The molecular weight excluding hydrogens is 370 g/mol. The second kappa shape index (κ2) is 10.6. The van der Waals surface area contributed by atoms with Gasteiger partial charge in [0.05, 0.1) is 12.2 Å². The van der Waals surface area contributed by atoms with Crippen molar-refractivity contribution in [3.63, 3.8) is 0 Å². The molecule has 0 aliphatic carbocycles. The van der Waals surface area contributed by atoms with E-state index < -0.39 is 0 Å². The lowest BCUT2D eigenvalue weighted by atomic mass is 9.95. The van der Waals surface area contributed by atoms with Crippen LogP contribution in [0.1, 0.15) is 28.8 Å². The number of aromatic nitrogens is 1. The van der Waals surface area contributed by atoms with Crippen LogP contribution in [0, 0.1) is 5.92 Å². The molecule has 7 heteroatoms. The highest BCUT2D eigenvalue weighted by Gasteiger charge is 2.28. The Morgan fingerprint density at radius 3 is 2.66 bits per heavy atom. The number of para-hydroxylation sites is 1. The largest absolute Gasteiger partial charge is 0.490 e. The minimum absolute atomic E-state index is 0.0317. The van der Waals surface area contributed by atoms with Crippen molar-refractivity contribution in [2.24, 2.45) is 5.92 Å². The van der Waals surface area contributed by atoms with E-state index in [0.29, 0.717) is 57.0 Å². The summed E-state index contributed by atoms with van der Waals surface area (Å²) in [6.07, 6.45) is 4.75. The normalized spacial score (nSPS) is 14.4. The molecule has 1 aliphatic rings. The molecule has 0 saturated carbocycles. The van der Waals surface area contributed by atoms with Gasteiger partial charge in [-0.3, -0.25) is 14.6 Å². The fourth-order valence-corrected chi connectivity index (χ4v) is 3.36. The highest BCUT2D eigenvalue weighted by molar-refractivity contribution is 5.97. The molecule has 1 saturated heterocycles. The molecule has 29 heavy (non-hydrogen) atoms. The third kappa shape index (κ3) is 5.77. The van der Waals surface area contributed by atoms with Gasteiger partial charge >= 0.3 is 0 Å². The fourth-order valence-electron chi connectivity index (χ4n) is 3.36. The zero-order chi connectivity index (χ0) is 20.5. The van der Waals surface area contributed by atoms with E-state index in [0.717, 1.165) is 5.56 Å². The summed E-state index contributed by atoms with van der Waals surface area (Å²) in [4.78, 5) is 31.2. The number of pyridine rings is 1. The molecular formula is C22H27N3O4. The molecule has 0 unspecified atom stereocenters. The maximum atomic E-state index is 12.9. The van der Waals surface area contributed by atoms with Crippen molar-refractivity contribution in [3.05, 3.63) is 59.9 Å². The van der Waals surface area contributed by atoms with Crippen LogP contribution in [0.5, 0.6) is 5.75 Å². The molecule has 1 aliphatic heterocycles. The van der Waals surface area contributed by atoms with Gasteiger partial charge in [0.1, 0.15) is 12.4 Å². The van der Waals surface area contributed by atoms with Gasteiger partial charge in [-0.1, -0.05) is 18.2 Å². The third-order valence-corrected chi connectivity index (χ3v) is 5.00. The maximum absolute atomic E-state index is 12.9. The quantitative estimate of drug-likeness (QED) is 0.691. The van der Waals surface area contributed by atoms with Gasteiger partial charge in [-0.2, -0.15) is 0 Å². The van der Waals surface area contributed by atoms with E-state index in [2.05, 4.69) is 10.3 Å². The van der Waals surface area contributed by atoms with Crippen LogP contribution in [-0.2, 0) is 16.1 Å². The third-order valence-electron chi connectivity index (χ3n) is 5.00. The van der Waals surface area contributed by atoms with E-state index in [4.69, 9.17) is 9.47 Å². The lowest BCUT2D eigenvalue weighted by Crippen LogP contribution is -2.43. The summed E-state index contributed by atoms with van der Waals surface area (Å²) < 4.78 is 10.7. The average Bonchev–Trinajstić information content (AvgIpc) is 2.78. The second-order valence-electron chi connectivity index (χ2n) is 6.98. The topological polar surface area (TPSA) is 80.8 Å². The summed E-state index contributed by atoms with van der Waals surface area (Å²) in [6, 6.07) is 11.0. The molecule has 7 nitrogen and oxygen atoms in total. The Morgan fingerprint density at radius 2 is 1.93 bits per heavy atom. The SMILES string of the molecule is COCCOc1ccccc1C(=O)N1CCC(C(=O)NCc2cccnc2)CC1. The first-order valence-corrected chi connectivity index (χ1v) is 9.85. The Labute approximate surface area is 171 Å². The molecule has 0 bridgehead atoms. The number of piperidine rings is 1. The molecule has 1 N–H and O–H groups in total. The van der Waals surface area contributed by atoms with Gasteiger partial charge in [0.15, 0.2) is 0 Å². The Hall–Kier alpha value is -2.93. The van der Waals surface area contributed by atoms with Gasteiger partial charge in [0.2, 0.25) is 5.91 Å².